The van der Waals surface area contributed by atoms with E-state index in [0.717, 1.165) is 83.4 Å². The van der Waals surface area contributed by atoms with Crippen LogP contribution in [-0.2, 0) is 26.5 Å². The zero-order valence-electron chi connectivity index (χ0n) is 34.4. The predicted molar refractivity (Wildman–Crippen MR) is 251 cm³/mol. The zero-order chi connectivity index (χ0) is 41.1. The summed E-state index contributed by atoms with van der Waals surface area (Å²) in [5.41, 5.74) is 11.6. The minimum absolute atomic E-state index is 0. The van der Waals surface area contributed by atoms with E-state index in [1.807, 2.05) is 42.6 Å². The van der Waals surface area contributed by atoms with E-state index >= 15 is 0 Å². The van der Waals surface area contributed by atoms with Gasteiger partial charge < -0.3 is 9.30 Å². The van der Waals surface area contributed by atoms with Crippen LogP contribution in [0, 0.1) is 12.1 Å². The summed E-state index contributed by atoms with van der Waals surface area (Å²) in [5.74, 6) is 1.98. The van der Waals surface area contributed by atoms with Crippen molar-refractivity contribution in [3.63, 3.8) is 0 Å². The second-order valence-electron chi connectivity index (χ2n) is 16.5. The smallest absolute Gasteiger partial charge is 0.509 e. The minimum Gasteiger partial charge on any atom is -0.509 e. The topological polar surface area (TPSA) is 33.1 Å². The SMILES string of the molecule is CC(C)(C)c1cc(-c2ccccc2)c([N+]2=C=[N+](c3[c-]c(Oc4[c-]c5c(cc4)c4ccccc4n5-c4ccccn4)ccc3)c3ccc4ccccc4c32)c(-c2ccccc2)c1.[Pt+2]. The summed E-state index contributed by atoms with van der Waals surface area (Å²) in [6, 6.07) is 74.7. The number of aromatic nitrogens is 2. The molecule has 10 aromatic rings. The Balaban J connectivity index is 0.00000458. The molecule has 0 aliphatic carbocycles. The van der Waals surface area contributed by atoms with Crippen LogP contribution >= 0.6 is 0 Å². The van der Waals surface area contributed by atoms with Crippen molar-refractivity contribution in [3.8, 4) is 39.6 Å². The van der Waals surface area contributed by atoms with E-state index in [4.69, 9.17) is 9.72 Å². The van der Waals surface area contributed by atoms with Crippen LogP contribution in [0.15, 0.2) is 188 Å². The molecule has 5 nitrogen and oxygen atoms in total. The summed E-state index contributed by atoms with van der Waals surface area (Å²) in [6.45, 7) is 6.85. The molecule has 0 spiro atoms. The summed E-state index contributed by atoms with van der Waals surface area (Å²) >= 11 is 0. The second kappa shape index (κ2) is 15.7. The first-order valence-electron chi connectivity index (χ1n) is 20.6. The van der Waals surface area contributed by atoms with Gasteiger partial charge in [0.25, 0.3) is 5.69 Å². The van der Waals surface area contributed by atoms with Crippen LogP contribution in [0.2, 0.25) is 0 Å². The Hall–Kier alpha value is -7.16. The van der Waals surface area contributed by atoms with Crippen molar-refractivity contribution >= 4 is 61.3 Å². The van der Waals surface area contributed by atoms with Crippen molar-refractivity contribution < 1.29 is 25.8 Å². The molecule has 8 aromatic carbocycles. The van der Waals surface area contributed by atoms with E-state index in [0.29, 0.717) is 11.5 Å². The van der Waals surface area contributed by atoms with Crippen LogP contribution in [0.1, 0.15) is 26.3 Å². The fourth-order valence-corrected chi connectivity index (χ4v) is 8.59. The molecule has 11 rings (SSSR count). The van der Waals surface area contributed by atoms with Gasteiger partial charge in [0.05, 0.1) is 16.5 Å². The molecule has 0 bridgehead atoms. The number of nitrogens with zero attached hydrogens (tertiary/aromatic N) is 4. The van der Waals surface area contributed by atoms with Crippen molar-refractivity contribution in [1.29, 1.82) is 0 Å². The molecule has 6 heteroatoms. The average Bonchev–Trinajstić information content (AvgIpc) is 3.85. The maximum atomic E-state index is 6.63. The third-order valence-corrected chi connectivity index (χ3v) is 11.6. The number of ether oxygens (including phenoxy) is 1. The molecule has 1 aliphatic heterocycles. The molecule has 0 saturated heterocycles. The van der Waals surface area contributed by atoms with Gasteiger partial charge in [-0.05, 0) is 79.9 Å². The summed E-state index contributed by atoms with van der Waals surface area (Å²) in [6.07, 6.45) is 1.82. The first-order chi connectivity index (χ1) is 29.9. The molecule has 0 fully saturated rings. The molecule has 0 unspecified atom stereocenters. The molecule has 1 aliphatic rings. The van der Waals surface area contributed by atoms with Gasteiger partial charge in [0, 0.05) is 29.3 Å². The molecule has 0 N–H and O–H groups in total. The number of rotatable bonds is 7. The fraction of sp³-hybridized carbons (Fsp3) is 0.0714. The number of fused-ring (bicyclic) bond motifs is 6. The number of pyridine rings is 1. The van der Waals surface area contributed by atoms with Gasteiger partial charge in [-0.1, -0.05) is 146 Å². The van der Waals surface area contributed by atoms with Gasteiger partial charge >= 0.3 is 32.8 Å². The largest absolute Gasteiger partial charge is 2.00 e. The summed E-state index contributed by atoms with van der Waals surface area (Å²) < 4.78 is 13.2. The Bertz CT molecular complexity index is 3340. The first kappa shape index (κ1) is 39.0. The number of hydrogen-bond donors (Lipinski definition) is 0. The Kier molecular flexibility index (Phi) is 9.88. The first-order valence-corrected chi connectivity index (χ1v) is 20.6. The van der Waals surface area contributed by atoms with Crippen LogP contribution in [0.5, 0.6) is 11.5 Å². The van der Waals surface area contributed by atoms with E-state index in [2.05, 4.69) is 198 Å². The summed E-state index contributed by atoms with van der Waals surface area (Å²) in [7, 11) is 0. The molecular weight excluding hydrogens is 940 g/mol. The standard InChI is InChI=1S/C56H40N4O.Pt/c1-56(2,3)41-33-48(38-17-6-4-7-18-38)54(49(34-41)39-19-8-5-9-20-39)59-37-58(51-31-28-40-21-10-11-24-45(40)55(51)59)42-22-16-23-43(35-42)61-44-29-30-47-46-25-12-13-26-50(46)60(52(47)36-44)53-27-14-15-32-57-53;/h4-34H,1-3H3;/q;+2. The molecule has 298 valence electrons. The Morgan fingerprint density at radius 2 is 1.23 bits per heavy atom. The maximum absolute atomic E-state index is 6.63. The number of benzene rings is 8. The molecule has 3 heterocycles. The van der Waals surface area contributed by atoms with Crippen molar-refractivity contribution in [2.75, 3.05) is 0 Å². The summed E-state index contributed by atoms with van der Waals surface area (Å²) in [5, 5.41) is 4.50. The van der Waals surface area contributed by atoms with Gasteiger partial charge in [-0.2, -0.15) is 12.1 Å². The van der Waals surface area contributed by atoms with Crippen LogP contribution in [0.4, 0.5) is 22.7 Å². The van der Waals surface area contributed by atoms with Gasteiger partial charge in [0.15, 0.2) is 0 Å². The van der Waals surface area contributed by atoms with E-state index in [9.17, 15) is 0 Å². The van der Waals surface area contributed by atoms with Crippen molar-refractivity contribution in [2.45, 2.75) is 26.2 Å². The van der Waals surface area contributed by atoms with Crippen LogP contribution in [0.25, 0.3) is 60.6 Å². The third-order valence-electron chi connectivity index (χ3n) is 11.6. The van der Waals surface area contributed by atoms with Gasteiger partial charge in [0.1, 0.15) is 11.5 Å². The monoisotopic (exact) mass is 979 g/mol. The van der Waals surface area contributed by atoms with Crippen LogP contribution < -0.4 is 13.9 Å². The molecule has 0 amide bonds. The normalized spacial score (nSPS) is 12.2. The zero-order valence-corrected chi connectivity index (χ0v) is 36.7. The maximum Gasteiger partial charge on any atom is 2.00 e. The van der Waals surface area contributed by atoms with Crippen molar-refractivity contribution in [1.82, 2.24) is 18.7 Å². The van der Waals surface area contributed by atoms with E-state index in [-0.39, 0.29) is 26.5 Å². The van der Waals surface area contributed by atoms with Crippen LogP contribution in [0.3, 0.4) is 0 Å². The van der Waals surface area contributed by atoms with Gasteiger partial charge in [0.2, 0.25) is 5.69 Å². The number of para-hydroxylation sites is 1. The van der Waals surface area contributed by atoms with E-state index < -0.39 is 0 Å². The van der Waals surface area contributed by atoms with E-state index in [1.54, 1.807) is 0 Å². The van der Waals surface area contributed by atoms with Crippen molar-refractivity contribution in [3.05, 3.63) is 206 Å². The van der Waals surface area contributed by atoms with Crippen molar-refractivity contribution in [2.24, 2.45) is 0 Å². The Labute approximate surface area is 375 Å². The number of hydrogen-bond acceptors (Lipinski definition) is 2. The van der Waals surface area contributed by atoms with Gasteiger partial charge in [-0.25, -0.2) is 4.98 Å². The molecule has 2 aromatic heterocycles. The van der Waals surface area contributed by atoms with Gasteiger partial charge in [-0.3, -0.25) is 0 Å². The van der Waals surface area contributed by atoms with Gasteiger partial charge in [-0.15, -0.1) is 23.6 Å². The van der Waals surface area contributed by atoms with Crippen LogP contribution in [-0.4, -0.2) is 15.6 Å². The Morgan fingerprint density at radius 3 is 1.94 bits per heavy atom. The predicted octanol–water partition coefficient (Wildman–Crippen LogP) is 14.2. The molecular formula is C56H40N4OPt+2. The third kappa shape index (κ3) is 6.77. The quantitative estimate of drug-likeness (QED) is 0.118. The summed E-state index contributed by atoms with van der Waals surface area (Å²) in [4.78, 5) is 4.70. The molecule has 0 radical (unpaired) electrons. The Morgan fingerprint density at radius 1 is 0.565 bits per heavy atom. The molecule has 0 atom stereocenters. The molecule has 0 saturated carbocycles. The minimum atomic E-state index is -0.0902. The van der Waals surface area contributed by atoms with E-state index in [1.165, 1.54) is 5.56 Å². The average molecular weight is 980 g/mol. The second-order valence-corrected chi connectivity index (χ2v) is 16.5. The fourth-order valence-electron chi connectivity index (χ4n) is 8.59. The molecule has 62 heavy (non-hydrogen) atoms.